The van der Waals surface area contributed by atoms with Crippen molar-refractivity contribution in [1.82, 2.24) is 5.32 Å². The molecule has 1 rings (SSSR count). The number of aliphatic hydroxyl groups is 1. The van der Waals surface area contributed by atoms with E-state index in [1.165, 1.54) is 0 Å². The first-order chi connectivity index (χ1) is 7.72. The van der Waals surface area contributed by atoms with Crippen molar-refractivity contribution in [2.75, 3.05) is 13.7 Å². The molecule has 1 aromatic carbocycles. The average molecular weight is 223 g/mol. The van der Waals surface area contributed by atoms with Gasteiger partial charge in [0.25, 0.3) is 0 Å². The van der Waals surface area contributed by atoms with Crippen LogP contribution in [0.5, 0.6) is 5.75 Å². The van der Waals surface area contributed by atoms with E-state index in [4.69, 9.17) is 9.84 Å². The Balaban J connectivity index is 2.75. The first-order valence-electron chi connectivity index (χ1n) is 5.72. The predicted octanol–water partition coefficient (Wildman–Crippen LogP) is 2.12. The van der Waals surface area contributed by atoms with Gasteiger partial charge in [-0.3, -0.25) is 0 Å². The third kappa shape index (κ3) is 3.22. The molecule has 0 aliphatic rings. The Morgan fingerprint density at radius 1 is 1.38 bits per heavy atom. The number of para-hydroxylation sites is 1. The summed E-state index contributed by atoms with van der Waals surface area (Å²) in [5.74, 6) is 0.885. The van der Waals surface area contributed by atoms with E-state index in [0.717, 1.165) is 17.7 Å². The highest BCUT2D eigenvalue weighted by Crippen LogP contribution is 2.24. The van der Waals surface area contributed by atoms with Crippen LogP contribution in [0.25, 0.3) is 0 Å². The topological polar surface area (TPSA) is 41.5 Å². The van der Waals surface area contributed by atoms with Crippen LogP contribution in [0.2, 0.25) is 0 Å². The van der Waals surface area contributed by atoms with E-state index in [9.17, 15) is 0 Å². The molecule has 0 spiro atoms. The van der Waals surface area contributed by atoms with Crippen LogP contribution >= 0.6 is 0 Å². The second kappa shape index (κ2) is 6.51. The Bertz CT molecular complexity index is 311. The molecule has 0 radical (unpaired) electrons. The summed E-state index contributed by atoms with van der Waals surface area (Å²) in [6, 6.07) is 8.26. The number of hydrogen-bond acceptors (Lipinski definition) is 3. The molecule has 1 unspecified atom stereocenters. The molecule has 16 heavy (non-hydrogen) atoms. The van der Waals surface area contributed by atoms with E-state index in [1.807, 2.05) is 24.3 Å². The Kier molecular flexibility index (Phi) is 5.29. The first kappa shape index (κ1) is 13.0. The largest absolute Gasteiger partial charge is 0.496 e. The lowest BCUT2D eigenvalue weighted by molar-refractivity contribution is 0.229. The van der Waals surface area contributed by atoms with E-state index in [1.54, 1.807) is 7.11 Å². The van der Waals surface area contributed by atoms with Crippen molar-refractivity contribution >= 4 is 0 Å². The molecule has 0 heterocycles. The Labute approximate surface area is 97.4 Å². The van der Waals surface area contributed by atoms with Crippen molar-refractivity contribution in [3.63, 3.8) is 0 Å². The van der Waals surface area contributed by atoms with Crippen LogP contribution in [-0.2, 0) is 0 Å². The highest BCUT2D eigenvalue weighted by Gasteiger charge is 2.13. The van der Waals surface area contributed by atoms with Gasteiger partial charge in [-0.05, 0) is 19.4 Å². The Morgan fingerprint density at radius 3 is 2.62 bits per heavy atom. The van der Waals surface area contributed by atoms with Crippen molar-refractivity contribution < 1.29 is 9.84 Å². The molecule has 0 aromatic heterocycles. The fraction of sp³-hybridized carbons (Fsp3) is 0.538. The minimum Gasteiger partial charge on any atom is -0.496 e. The van der Waals surface area contributed by atoms with Crippen LogP contribution in [0, 0.1) is 0 Å². The molecule has 3 nitrogen and oxygen atoms in total. The van der Waals surface area contributed by atoms with E-state index >= 15 is 0 Å². The SMILES string of the molecule is CC[C@H](CO)NC(C)c1ccccc1OC. The van der Waals surface area contributed by atoms with Gasteiger partial charge in [0.15, 0.2) is 0 Å². The van der Waals surface area contributed by atoms with Crippen LogP contribution in [0.3, 0.4) is 0 Å². The quantitative estimate of drug-likeness (QED) is 0.776. The smallest absolute Gasteiger partial charge is 0.123 e. The van der Waals surface area contributed by atoms with Gasteiger partial charge in [-0.2, -0.15) is 0 Å². The van der Waals surface area contributed by atoms with Gasteiger partial charge in [0.05, 0.1) is 13.7 Å². The number of aliphatic hydroxyl groups excluding tert-OH is 1. The summed E-state index contributed by atoms with van der Waals surface area (Å²) in [6.45, 7) is 4.30. The van der Waals surface area contributed by atoms with Gasteiger partial charge < -0.3 is 15.2 Å². The van der Waals surface area contributed by atoms with Gasteiger partial charge in [0, 0.05) is 17.6 Å². The molecular weight excluding hydrogens is 202 g/mol. The summed E-state index contributed by atoms with van der Waals surface area (Å²) < 4.78 is 5.31. The van der Waals surface area contributed by atoms with Crippen molar-refractivity contribution in [1.29, 1.82) is 0 Å². The number of methoxy groups -OCH3 is 1. The van der Waals surface area contributed by atoms with E-state index in [2.05, 4.69) is 19.2 Å². The van der Waals surface area contributed by atoms with Gasteiger partial charge in [0.2, 0.25) is 0 Å². The van der Waals surface area contributed by atoms with Gasteiger partial charge in [-0.1, -0.05) is 25.1 Å². The van der Waals surface area contributed by atoms with Gasteiger partial charge in [-0.15, -0.1) is 0 Å². The van der Waals surface area contributed by atoms with E-state index in [0.29, 0.717) is 0 Å². The fourth-order valence-electron chi connectivity index (χ4n) is 1.77. The Hall–Kier alpha value is -1.06. The molecule has 2 atom stereocenters. The molecule has 3 heteroatoms. The maximum atomic E-state index is 9.15. The molecular formula is C13H21NO2. The highest BCUT2D eigenvalue weighted by atomic mass is 16.5. The second-order valence-corrected chi connectivity index (χ2v) is 3.92. The van der Waals surface area contributed by atoms with Gasteiger partial charge in [0.1, 0.15) is 5.75 Å². The monoisotopic (exact) mass is 223 g/mol. The molecule has 90 valence electrons. The predicted molar refractivity (Wildman–Crippen MR) is 65.7 cm³/mol. The third-order valence-corrected chi connectivity index (χ3v) is 2.80. The lowest BCUT2D eigenvalue weighted by atomic mass is 10.1. The minimum atomic E-state index is 0.139. The number of ether oxygens (including phenoxy) is 1. The number of benzene rings is 1. The average Bonchev–Trinajstić information content (AvgIpc) is 2.35. The lowest BCUT2D eigenvalue weighted by Gasteiger charge is -2.22. The Morgan fingerprint density at radius 2 is 2.06 bits per heavy atom. The van der Waals surface area contributed by atoms with Crippen LogP contribution in [0.1, 0.15) is 31.9 Å². The number of rotatable bonds is 6. The number of hydrogen-bond donors (Lipinski definition) is 2. The molecule has 0 amide bonds. The minimum absolute atomic E-state index is 0.139. The normalized spacial score (nSPS) is 14.5. The van der Waals surface area contributed by atoms with Crippen molar-refractivity contribution in [3.05, 3.63) is 29.8 Å². The highest BCUT2D eigenvalue weighted by molar-refractivity contribution is 5.35. The van der Waals surface area contributed by atoms with Crippen LogP contribution in [-0.4, -0.2) is 24.9 Å². The molecule has 0 bridgehead atoms. The van der Waals surface area contributed by atoms with E-state index in [-0.39, 0.29) is 18.7 Å². The zero-order valence-corrected chi connectivity index (χ0v) is 10.2. The molecule has 0 fully saturated rings. The van der Waals surface area contributed by atoms with Crippen LogP contribution in [0.15, 0.2) is 24.3 Å². The zero-order valence-electron chi connectivity index (χ0n) is 10.2. The fourth-order valence-corrected chi connectivity index (χ4v) is 1.77. The van der Waals surface area contributed by atoms with Crippen LogP contribution in [0.4, 0.5) is 0 Å². The van der Waals surface area contributed by atoms with Crippen molar-refractivity contribution in [3.8, 4) is 5.75 Å². The standard InChI is InChI=1S/C13H21NO2/c1-4-11(9-15)14-10(2)12-7-5-6-8-13(12)16-3/h5-8,10-11,14-15H,4,9H2,1-3H3/t10?,11-/m1/s1. The molecule has 0 saturated heterocycles. The molecule has 0 aliphatic carbocycles. The summed E-state index contributed by atoms with van der Waals surface area (Å²) in [7, 11) is 1.68. The zero-order chi connectivity index (χ0) is 12.0. The maximum absolute atomic E-state index is 9.15. The van der Waals surface area contributed by atoms with Gasteiger partial charge >= 0.3 is 0 Å². The maximum Gasteiger partial charge on any atom is 0.123 e. The summed E-state index contributed by atoms with van der Waals surface area (Å²) in [5.41, 5.74) is 1.12. The third-order valence-electron chi connectivity index (χ3n) is 2.80. The van der Waals surface area contributed by atoms with E-state index < -0.39 is 0 Å². The molecule has 0 aliphatic heterocycles. The van der Waals surface area contributed by atoms with Crippen molar-refractivity contribution in [2.24, 2.45) is 0 Å². The first-order valence-corrected chi connectivity index (χ1v) is 5.72. The summed E-state index contributed by atoms with van der Waals surface area (Å²) >= 11 is 0. The summed E-state index contributed by atoms with van der Waals surface area (Å²) in [6.07, 6.45) is 0.913. The van der Waals surface area contributed by atoms with Crippen molar-refractivity contribution in [2.45, 2.75) is 32.4 Å². The van der Waals surface area contributed by atoms with Gasteiger partial charge in [-0.25, -0.2) is 0 Å². The second-order valence-electron chi connectivity index (χ2n) is 3.92. The lowest BCUT2D eigenvalue weighted by Crippen LogP contribution is -2.34. The molecule has 2 N–H and O–H groups in total. The summed E-state index contributed by atoms with van der Waals surface area (Å²) in [5, 5.41) is 12.5. The molecule has 1 aromatic rings. The summed E-state index contributed by atoms with van der Waals surface area (Å²) in [4.78, 5) is 0. The van der Waals surface area contributed by atoms with Crippen LogP contribution < -0.4 is 10.1 Å². The number of nitrogens with one attached hydrogen (secondary N) is 1. The molecule has 0 saturated carbocycles.